The van der Waals surface area contributed by atoms with Crippen molar-refractivity contribution in [1.29, 1.82) is 0 Å². The molecule has 2 unspecified atom stereocenters. The molecule has 2 rings (SSSR count). The molecule has 4 nitrogen and oxygen atoms in total. The van der Waals surface area contributed by atoms with Gasteiger partial charge in [0, 0.05) is 37.9 Å². The minimum Gasteiger partial charge on any atom is -0.389 e. The first-order chi connectivity index (χ1) is 8.22. The molecule has 0 saturated carbocycles. The van der Waals surface area contributed by atoms with E-state index in [2.05, 4.69) is 9.88 Å². The molecule has 17 heavy (non-hydrogen) atoms. The summed E-state index contributed by atoms with van der Waals surface area (Å²) >= 11 is 0. The maximum Gasteiger partial charge on any atom is 0.134 e. The van der Waals surface area contributed by atoms with Crippen LogP contribution in [0, 0.1) is 5.92 Å². The molecule has 0 radical (unpaired) electrons. The smallest absolute Gasteiger partial charge is 0.134 e. The Balaban J connectivity index is 2.13. The molecule has 0 spiro atoms. The van der Waals surface area contributed by atoms with Crippen molar-refractivity contribution in [2.24, 2.45) is 5.92 Å². The second kappa shape index (κ2) is 5.47. The molecule has 1 N–H and O–H groups in total. The Morgan fingerprint density at radius 3 is 3.18 bits per heavy atom. The third kappa shape index (κ3) is 2.76. The standard InChI is InChI=1S/C13H20N2O2/c1-10(16)12-4-3-6-14-13(12)15-7-5-11(8-15)9-17-2/h3-4,6,10-11,16H,5,7-9H2,1-2H3. The van der Waals surface area contributed by atoms with Crippen molar-refractivity contribution >= 4 is 5.82 Å². The summed E-state index contributed by atoms with van der Waals surface area (Å²) in [5.74, 6) is 1.49. The summed E-state index contributed by atoms with van der Waals surface area (Å²) in [5, 5.41) is 9.74. The highest BCUT2D eigenvalue weighted by Crippen LogP contribution is 2.28. The van der Waals surface area contributed by atoms with Crippen molar-refractivity contribution in [2.75, 3.05) is 31.7 Å². The van der Waals surface area contributed by atoms with Crippen LogP contribution in [-0.2, 0) is 4.74 Å². The highest BCUT2D eigenvalue weighted by atomic mass is 16.5. The van der Waals surface area contributed by atoms with Crippen LogP contribution in [0.3, 0.4) is 0 Å². The SMILES string of the molecule is COCC1CCN(c2ncccc2C(C)O)C1. The number of ether oxygens (including phenoxy) is 1. The Bertz CT molecular complexity index is 368. The van der Waals surface area contributed by atoms with Gasteiger partial charge in [-0.2, -0.15) is 0 Å². The lowest BCUT2D eigenvalue weighted by Crippen LogP contribution is -2.23. The molecule has 1 aliphatic heterocycles. The van der Waals surface area contributed by atoms with Gasteiger partial charge in [0.2, 0.25) is 0 Å². The zero-order valence-electron chi connectivity index (χ0n) is 10.5. The maximum atomic E-state index is 9.74. The van der Waals surface area contributed by atoms with Gasteiger partial charge >= 0.3 is 0 Å². The van der Waals surface area contributed by atoms with E-state index in [1.54, 1.807) is 20.2 Å². The Hall–Kier alpha value is -1.13. The minimum atomic E-state index is -0.472. The van der Waals surface area contributed by atoms with E-state index in [0.29, 0.717) is 5.92 Å². The third-order valence-corrected chi connectivity index (χ3v) is 3.25. The highest BCUT2D eigenvalue weighted by Gasteiger charge is 2.25. The Morgan fingerprint density at radius 1 is 1.65 bits per heavy atom. The zero-order valence-corrected chi connectivity index (χ0v) is 10.5. The molecule has 1 fully saturated rings. The summed E-state index contributed by atoms with van der Waals surface area (Å²) < 4.78 is 5.19. The molecular weight excluding hydrogens is 216 g/mol. The van der Waals surface area contributed by atoms with Gasteiger partial charge in [0.1, 0.15) is 5.82 Å². The van der Waals surface area contributed by atoms with Crippen LogP contribution in [0.5, 0.6) is 0 Å². The van der Waals surface area contributed by atoms with E-state index in [4.69, 9.17) is 4.74 Å². The first kappa shape index (κ1) is 12.3. The zero-order chi connectivity index (χ0) is 12.3. The summed E-state index contributed by atoms with van der Waals surface area (Å²) in [4.78, 5) is 6.64. The van der Waals surface area contributed by atoms with Crippen LogP contribution < -0.4 is 4.90 Å². The summed E-state index contributed by atoms with van der Waals surface area (Å²) in [6, 6.07) is 3.81. The lowest BCUT2D eigenvalue weighted by Gasteiger charge is -2.21. The molecule has 1 aliphatic rings. The van der Waals surface area contributed by atoms with Crippen molar-refractivity contribution in [3.05, 3.63) is 23.9 Å². The average Bonchev–Trinajstić information content (AvgIpc) is 2.78. The Labute approximate surface area is 102 Å². The van der Waals surface area contributed by atoms with Gasteiger partial charge in [0.25, 0.3) is 0 Å². The molecule has 94 valence electrons. The number of rotatable bonds is 4. The van der Waals surface area contributed by atoms with Gasteiger partial charge in [0.05, 0.1) is 12.7 Å². The summed E-state index contributed by atoms with van der Waals surface area (Å²) in [6.45, 7) is 4.53. The lowest BCUT2D eigenvalue weighted by atomic mass is 10.1. The van der Waals surface area contributed by atoms with E-state index in [-0.39, 0.29) is 0 Å². The van der Waals surface area contributed by atoms with Crippen molar-refractivity contribution in [3.8, 4) is 0 Å². The molecule has 1 aromatic heterocycles. The molecule has 2 atom stereocenters. The second-order valence-electron chi connectivity index (χ2n) is 4.65. The molecular formula is C13H20N2O2. The van der Waals surface area contributed by atoms with Gasteiger partial charge < -0.3 is 14.7 Å². The number of methoxy groups -OCH3 is 1. The predicted octanol–water partition coefficient (Wildman–Crippen LogP) is 1.61. The predicted molar refractivity (Wildman–Crippen MR) is 67.1 cm³/mol. The van der Waals surface area contributed by atoms with Crippen LogP contribution in [0.1, 0.15) is 25.0 Å². The van der Waals surface area contributed by atoms with Crippen LogP contribution in [0.15, 0.2) is 18.3 Å². The van der Waals surface area contributed by atoms with Gasteiger partial charge in [-0.3, -0.25) is 0 Å². The number of anilines is 1. The maximum absolute atomic E-state index is 9.74. The highest BCUT2D eigenvalue weighted by molar-refractivity contribution is 5.48. The third-order valence-electron chi connectivity index (χ3n) is 3.25. The van der Waals surface area contributed by atoms with E-state index >= 15 is 0 Å². The van der Waals surface area contributed by atoms with E-state index < -0.39 is 6.10 Å². The van der Waals surface area contributed by atoms with Gasteiger partial charge in [0.15, 0.2) is 0 Å². The largest absolute Gasteiger partial charge is 0.389 e. The van der Waals surface area contributed by atoms with Crippen LogP contribution in [-0.4, -0.2) is 36.9 Å². The van der Waals surface area contributed by atoms with Gasteiger partial charge in [-0.25, -0.2) is 4.98 Å². The number of aliphatic hydroxyl groups excluding tert-OH is 1. The van der Waals surface area contributed by atoms with Crippen LogP contribution in [0.25, 0.3) is 0 Å². The Kier molecular flexibility index (Phi) is 3.97. The monoisotopic (exact) mass is 236 g/mol. The van der Waals surface area contributed by atoms with Crippen LogP contribution in [0.4, 0.5) is 5.82 Å². The fraction of sp³-hybridized carbons (Fsp3) is 0.615. The molecule has 0 aliphatic carbocycles. The Morgan fingerprint density at radius 2 is 2.47 bits per heavy atom. The molecule has 4 heteroatoms. The van der Waals surface area contributed by atoms with Gasteiger partial charge in [-0.15, -0.1) is 0 Å². The number of hydrogen-bond donors (Lipinski definition) is 1. The molecule has 0 amide bonds. The molecule has 0 bridgehead atoms. The number of aliphatic hydroxyl groups is 1. The van der Waals surface area contributed by atoms with Crippen LogP contribution >= 0.6 is 0 Å². The van der Waals surface area contributed by atoms with E-state index in [1.165, 1.54) is 0 Å². The fourth-order valence-electron chi connectivity index (χ4n) is 2.40. The topological polar surface area (TPSA) is 45.6 Å². The first-order valence-electron chi connectivity index (χ1n) is 6.09. The number of hydrogen-bond acceptors (Lipinski definition) is 4. The lowest BCUT2D eigenvalue weighted by molar-refractivity contribution is 0.160. The number of pyridine rings is 1. The van der Waals surface area contributed by atoms with E-state index in [9.17, 15) is 5.11 Å². The summed E-state index contributed by atoms with van der Waals surface area (Å²) in [6.07, 6.45) is 2.44. The van der Waals surface area contributed by atoms with Crippen molar-refractivity contribution < 1.29 is 9.84 Å². The second-order valence-corrected chi connectivity index (χ2v) is 4.65. The number of aromatic nitrogens is 1. The molecule has 0 aromatic carbocycles. The summed E-state index contributed by atoms with van der Waals surface area (Å²) in [5.41, 5.74) is 0.908. The fourth-order valence-corrected chi connectivity index (χ4v) is 2.40. The van der Waals surface area contributed by atoms with Crippen molar-refractivity contribution in [2.45, 2.75) is 19.4 Å². The molecule has 1 saturated heterocycles. The molecule has 1 aromatic rings. The average molecular weight is 236 g/mol. The summed E-state index contributed by atoms with van der Waals surface area (Å²) in [7, 11) is 1.74. The van der Waals surface area contributed by atoms with E-state index in [0.717, 1.165) is 37.5 Å². The molecule has 2 heterocycles. The normalized spacial score (nSPS) is 21.8. The number of nitrogens with zero attached hydrogens (tertiary/aromatic N) is 2. The van der Waals surface area contributed by atoms with Crippen molar-refractivity contribution in [3.63, 3.8) is 0 Å². The quantitative estimate of drug-likeness (QED) is 0.862. The van der Waals surface area contributed by atoms with Crippen LogP contribution in [0.2, 0.25) is 0 Å². The first-order valence-corrected chi connectivity index (χ1v) is 6.09. The van der Waals surface area contributed by atoms with Gasteiger partial charge in [-0.1, -0.05) is 6.07 Å². The van der Waals surface area contributed by atoms with Crippen molar-refractivity contribution in [1.82, 2.24) is 4.98 Å². The minimum absolute atomic E-state index is 0.472. The van der Waals surface area contributed by atoms with Gasteiger partial charge in [-0.05, 0) is 19.4 Å². The van der Waals surface area contributed by atoms with E-state index in [1.807, 2.05) is 12.1 Å².